The van der Waals surface area contributed by atoms with Gasteiger partial charge in [-0.1, -0.05) is 13.0 Å². The lowest BCUT2D eigenvalue weighted by atomic mass is 10.2. The summed E-state index contributed by atoms with van der Waals surface area (Å²) in [4.78, 5) is 43.6. The molecule has 0 saturated carbocycles. The predicted octanol–water partition coefficient (Wildman–Crippen LogP) is 2.34. The molecule has 1 atom stereocenters. The molecule has 0 aliphatic carbocycles. The first-order valence-electron chi connectivity index (χ1n) is 7.24. The smallest absolute Gasteiger partial charge is 0.330 e. The number of pyridine rings is 1. The van der Waals surface area contributed by atoms with Crippen LogP contribution in [0.5, 0.6) is 0 Å². The topological polar surface area (TPSA) is 76.6 Å². The Labute approximate surface area is 133 Å². The quantitative estimate of drug-likeness (QED) is 0.566. The minimum atomic E-state index is -0.552. The lowest BCUT2D eigenvalue weighted by molar-refractivity contribution is -0.197. The van der Waals surface area contributed by atoms with E-state index in [0.717, 1.165) is 11.4 Å². The van der Waals surface area contributed by atoms with E-state index in [1.165, 1.54) is 0 Å². The Morgan fingerprint density at radius 1 is 1.36 bits per heavy atom. The second-order valence-electron chi connectivity index (χ2n) is 4.90. The maximum atomic E-state index is 11.8. The first-order chi connectivity index (χ1) is 10.6. The molecule has 1 aliphatic rings. The van der Waals surface area contributed by atoms with E-state index < -0.39 is 17.8 Å². The fourth-order valence-electron chi connectivity index (χ4n) is 2.02. The van der Waals surface area contributed by atoms with Gasteiger partial charge in [-0.15, -0.1) is 16.8 Å². The number of thioether (sulfide) groups is 1. The molecule has 1 aromatic heterocycles. The third-order valence-electron chi connectivity index (χ3n) is 3.25. The summed E-state index contributed by atoms with van der Waals surface area (Å²) >= 11 is 1.61. The van der Waals surface area contributed by atoms with Gasteiger partial charge in [0.1, 0.15) is 0 Å². The highest BCUT2D eigenvalue weighted by atomic mass is 32.2. The summed E-state index contributed by atoms with van der Waals surface area (Å²) in [6, 6.07) is 5.70. The Morgan fingerprint density at radius 2 is 2.09 bits per heavy atom. The van der Waals surface area contributed by atoms with Crippen LogP contribution >= 0.6 is 11.8 Å². The molecule has 1 saturated heterocycles. The number of carbonyl (C=O) groups is 3. The van der Waals surface area contributed by atoms with Gasteiger partial charge in [0.25, 0.3) is 11.8 Å². The van der Waals surface area contributed by atoms with E-state index in [0.29, 0.717) is 11.5 Å². The summed E-state index contributed by atoms with van der Waals surface area (Å²) in [5, 5.41) is 1.73. The standard InChI is InChI=1S/C15H18N2O4S/c1-2-11(22-12-5-3-4-10-16-12)6-9-15(20)21-17-13(18)7-8-14(17)19/h3-5,10-11H,2,6-9H2,1H3. The van der Waals surface area contributed by atoms with Crippen molar-refractivity contribution in [3.05, 3.63) is 24.4 Å². The number of nitrogens with zero attached hydrogens (tertiary/aromatic N) is 2. The molecule has 1 aliphatic heterocycles. The van der Waals surface area contributed by atoms with Crippen LogP contribution in [0.4, 0.5) is 0 Å². The van der Waals surface area contributed by atoms with E-state index >= 15 is 0 Å². The van der Waals surface area contributed by atoms with Crippen molar-refractivity contribution in [3.8, 4) is 0 Å². The highest BCUT2D eigenvalue weighted by molar-refractivity contribution is 7.99. The molecule has 0 radical (unpaired) electrons. The molecular formula is C15H18N2O4S. The minimum absolute atomic E-state index is 0.110. The van der Waals surface area contributed by atoms with Gasteiger partial charge in [-0.25, -0.2) is 9.78 Å². The molecule has 118 valence electrons. The Hall–Kier alpha value is -1.89. The zero-order valence-corrected chi connectivity index (χ0v) is 13.2. The lowest BCUT2D eigenvalue weighted by Gasteiger charge is -2.15. The Balaban J connectivity index is 1.79. The molecule has 2 rings (SSSR count). The Bertz CT molecular complexity index is 534. The average molecular weight is 322 g/mol. The highest BCUT2D eigenvalue weighted by Gasteiger charge is 2.32. The van der Waals surface area contributed by atoms with Gasteiger partial charge >= 0.3 is 5.97 Å². The van der Waals surface area contributed by atoms with Crippen LogP contribution in [0.25, 0.3) is 0 Å². The molecule has 0 N–H and O–H groups in total. The van der Waals surface area contributed by atoms with E-state index in [2.05, 4.69) is 4.98 Å². The van der Waals surface area contributed by atoms with Crippen LogP contribution in [0, 0.1) is 0 Å². The zero-order chi connectivity index (χ0) is 15.9. The third kappa shape index (κ3) is 4.56. The van der Waals surface area contributed by atoms with Crippen molar-refractivity contribution < 1.29 is 19.2 Å². The number of aromatic nitrogens is 1. The summed E-state index contributed by atoms with van der Waals surface area (Å²) in [6.45, 7) is 2.04. The van der Waals surface area contributed by atoms with Gasteiger partial charge < -0.3 is 4.84 Å². The van der Waals surface area contributed by atoms with Crippen LogP contribution in [-0.2, 0) is 19.2 Å². The molecule has 0 spiro atoms. The number of hydrogen-bond donors (Lipinski definition) is 0. The average Bonchev–Trinajstić information content (AvgIpc) is 2.84. The summed E-state index contributed by atoms with van der Waals surface area (Å²) in [5.41, 5.74) is 0. The Morgan fingerprint density at radius 3 is 2.68 bits per heavy atom. The van der Waals surface area contributed by atoms with Crippen molar-refractivity contribution in [2.24, 2.45) is 0 Å². The molecule has 7 heteroatoms. The van der Waals surface area contributed by atoms with E-state index in [1.54, 1.807) is 18.0 Å². The fraction of sp³-hybridized carbons (Fsp3) is 0.467. The number of carbonyl (C=O) groups excluding carboxylic acids is 3. The van der Waals surface area contributed by atoms with E-state index in [-0.39, 0.29) is 24.5 Å². The second kappa shape index (κ2) is 7.93. The number of amides is 2. The van der Waals surface area contributed by atoms with Gasteiger partial charge in [0, 0.05) is 30.7 Å². The molecule has 0 aromatic carbocycles. The van der Waals surface area contributed by atoms with Gasteiger partial charge in [0.15, 0.2) is 0 Å². The van der Waals surface area contributed by atoms with Crippen molar-refractivity contribution >= 4 is 29.5 Å². The van der Waals surface area contributed by atoms with Crippen LogP contribution in [0.15, 0.2) is 29.4 Å². The summed E-state index contributed by atoms with van der Waals surface area (Å²) < 4.78 is 0. The molecule has 22 heavy (non-hydrogen) atoms. The molecule has 1 aromatic rings. The normalized spacial score (nSPS) is 16.0. The van der Waals surface area contributed by atoms with Crippen molar-refractivity contribution in [1.82, 2.24) is 10.0 Å². The largest absolute Gasteiger partial charge is 0.333 e. The minimum Gasteiger partial charge on any atom is -0.330 e. The molecule has 2 heterocycles. The molecule has 1 unspecified atom stereocenters. The van der Waals surface area contributed by atoms with E-state index in [9.17, 15) is 14.4 Å². The lowest BCUT2D eigenvalue weighted by Crippen LogP contribution is -2.32. The maximum absolute atomic E-state index is 11.8. The summed E-state index contributed by atoms with van der Waals surface area (Å²) in [6.07, 6.45) is 3.60. The van der Waals surface area contributed by atoms with Gasteiger partial charge in [-0.3, -0.25) is 9.59 Å². The van der Waals surface area contributed by atoms with Crippen LogP contribution < -0.4 is 0 Å². The molecule has 6 nitrogen and oxygen atoms in total. The van der Waals surface area contributed by atoms with Crippen LogP contribution in [0.1, 0.15) is 39.0 Å². The monoisotopic (exact) mass is 322 g/mol. The third-order valence-corrected chi connectivity index (χ3v) is 4.64. The van der Waals surface area contributed by atoms with E-state index in [4.69, 9.17) is 4.84 Å². The van der Waals surface area contributed by atoms with Crippen LogP contribution in [-0.4, -0.2) is 33.1 Å². The number of rotatable bonds is 7. The number of imide groups is 1. The molecular weight excluding hydrogens is 304 g/mol. The second-order valence-corrected chi connectivity index (χ2v) is 6.22. The van der Waals surface area contributed by atoms with E-state index in [1.807, 2.05) is 25.1 Å². The fourth-order valence-corrected chi connectivity index (χ4v) is 3.04. The highest BCUT2D eigenvalue weighted by Crippen LogP contribution is 2.26. The maximum Gasteiger partial charge on any atom is 0.333 e. The Kier molecular flexibility index (Phi) is 5.94. The first-order valence-corrected chi connectivity index (χ1v) is 8.12. The van der Waals surface area contributed by atoms with Crippen molar-refractivity contribution in [2.75, 3.05) is 0 Å². The molecule has 1 fully saturated rings. The molecule has 0 bridgehead atoms. The SMILES string of the molecule is CCC(CCC(=O)ON1C(=O)CCC1=O)Sc1ccccn1. The van der Waals surface area contributed by atoms with Gasteiger partial charge in [-0.2, -0.15) is 0 Å². The number of hydrogen-bond acceptors (Lipinski definition) is 6. The van der Waals surface area contributed by atoms with Crippen molar-refractivity contribution in [1.29, 1.82) is 0 Å². The zero-order valence-electron chi connectivity index (χ0n) is 12.4. The van der Waals surface area contributed by atoms with Gasteiger partial charge in [-0.05, 0) is 25.0 Å². The first kappa shape index (κ1) is 16.5. The molecule has 2 amide bonds. The summed E-state index contributed by atoms with van der Waals surface area (Å²) in [7, 11) is 0. The number of hydroxylamine groups is 2. The van der Waals surface area contributed by atoms with Gasteiger partial charge in [0.05, 0.1) is 5.03 Å². The van der Waals surface area contributed by atoms with Gasteiger partial charge in [0.2, 0.25) is 0 Å². The van der Waals surface area contributed by atoms with Crippen LogP contribution in [0.2, 0.25) is 0 Å². The predicted molar refractivity (Wildman–Crippen MR) is 80.6 cm³/mol. The van der Waals surface area contributed by atoms with Crippen LogP contribution in [0.3, 0.4) is 0 Å². The summed E-state index contributed by atoms with van der Waals surface area (Å²) in [5.74, 6) is -1.45. The van der Waals surface area contributed by atoms with Crippen molar-refractivity contribution in [2.45, 2.75) is 49.3 Å². The van der Waals surface area contributed by atoms with Crippen molar-refractivity contribution in [3.63, 3.8) is 0 Å².